The predicted octanol–water partition coefficient (Wildman–Crippen LogP) is 6.84. The van der Waals surface area contributed by atoms with Crippen molar-refractivity contribution >= 4 is 42.2 Å². The number of carbonyl (C=O) groups is 1. The number of hydrogen-bond donors (Lipinski definition) is 2. The molecule has 1 amide bonds. The highest BCUT2D eigenvalue weighted by atomic mass is 35.5. The maximum atomic E-state index is 12.9. The number of aromatic nitrogens is 3. The molecule has 0 radical (unpaired) electrons. The number of para-hydroxylation sites is 2. The van der Waals surface area contributed by atoms with Crippen LogP contribution in [0.1, 0.15) is 24.7 Å². The molecule has 1 saturated heterocycles. The van der Waals surface area contributed by atoms with E-state index in [1.54, 1.807) is 23.0 Å². The summed E-state index contributed by atoms with van der Waals surface area (Å²) in [5.41, 5.74) is 4.72. The molecule has 5 aromatic rings. The van der Waals surface area contributed by atoms with Crippen molar-refractivity contribution in [3.63, 3.8) is 0 Å². The maximum Gasteiger partial charge on any atom is 0.413 e. The van der Waals surface area contributed by atoms with Crippen LogP contribution in [0.2, 0.25) is 5.02 Å². The number of imidazole rings is 1. The normalized spacial score (nSPS) is 19.0. The van der Waals surface area contributed by atoms with Crippen LogP contribution in [0, 0.1) is 5.92 Å². The van der Waals surface area contributed by atoms with Crippen LogP contribution >= 0.6 is 19.5 Å². The third-order valence-corrected chi connectivity index (χ3v) is 8.91. The molecule has 3 aromatic carbocycles. The summed E-state index contributed by atoms with van der Waals surface area (Å²) < 4.78 is 19.2. The molecule has 1 fully saturated rings. The van der Waals surface area contributed by atoms with Gasteiger partial charge in [0.15, 0.2) is 6.16 Å². The Kier molecular flexibility index (Phi) is 7.88. The molecule has 0 unspecified atom stereocenters. The summed E-state index contributed by atoms with van der Waals surface area (Å²) in [6.45, 7) is 3.00. The second-order valence-electron chi connectivity index (χ2n) is 10.1. The van der Waals surface area contributed by atoms with Crippen molar-refractivity contribution < 1.29 is 23.2 Å². The molecule has 0 bridgehead atoms. The zero-order valence-corrected chi connectivity index (χ0v) is 24.0. The quantitative estimate of drug-likeness (QED) is 0.190. The van der Waals surface area contributed by atoms with Gasteiger partial charge >= 0.3 is 14.0 Å². The lowest BCUT2D eigenvalue weighted by molar-refractivity contribution is -0.116. The first-order valence-corrected chi connectivity index (χ1v) is 15.5. The van der Waals surface area contributed by atoms with Crippen molar-refractivity contribution in [1.29, 1.82) is 0 Å². The van der Waals surface area contributed by atoms with Crippen LogP contribution in [0.5, 0.6) is 0 Å². The Labute approximate surface area is 242 Å². The van der Waals surface area contributed by atoms with Crippen molar-refractivity contribution in [2.75, 3.05) is 18.5 Å². The molecule has 11 heteroatoms. The van der Waals surface area contributed by atoms with Crippen LogP contribution in [0.25, 0.3) is 28.3 Å². The number of aryl methyl sites for hydroxylation is 1. The topological polar surface area (TPSA) is 112 Å². The third kappa shape index (κ3) is 6.35. The van der Waals surface area contributed by atoms with Crippen LogP contribution in [-0.2, 0) is 26.4 Å². The Morgan fingerprint density at radius 3 is 2.56 bits per heavy atom. The maximum absolute atomic E-state index is 12.9. The number of hydrogen-bond acceptors (Lipinski definition) is 7. The Balaban J connectivity index is 1.15. The van der Waals surface area contributed by atoms with Gasteiger partial charge in [0.05, 0.1) is 11.0 Å². The van der Waals surface area contributed by atoms with Gasteiger partial charge in [-0.2, -0.15) is 18.9 Å². The van der Waals surface area contributed by atoms with Gasteiger partial charge in [-0.3, -0.25) is 9.36 Å². The fourth-order valence-electron chi connectivity index (χ4n) is 4.60. The molecule has 0 spiro atoms. The molecular formula is C30H29ClN4O5P+. The van der Waals surface area contributed by atoms with Crippen molar-refractivity contribution in [2.45, 2.75) is 25.9 Å². The number of rotatable bonds is 8. The molecule has 210 valence electrons. The number of nitrogens with one attached hydrogen (secondary N) is 1. The summed E-state index contributed by atoms with van der Waals surface area (Å²) in [6.07, 6.45) is 2.51. The smallest absolute Gasteiger partial charge is 0.413 e. The van der Waals surface area contributed by atoms with E-state index in [1.807, 2.05) is 67.6 Å². The Morgan fingerprint density at radius 1 is 1.07 bits per heavy atom. The minimum absolute atomic E-state index is 0.162. The van der Waals surface area contributed by atoms with E-state index in [9.17, 15) is 9.69 Å². The van der Waals surface area contributed by atoms with Crippen LogP contribution in [0.3, 0.4) is 0 Å². The largest absolute Gasteiger partial charge is 0.427 e. The number of halogens is 1. The lowest BCUT2D eigenvalue weighted by atomic mass is 10.1. The van der Waals surface area contributed by atoms with Gasteiger partial charge in [0, 0.05) is 35.0 Å². The first kappa shape index (κ1) is 27.6. The van der Waals surface area contributed by atoms with Crippen molar-refractivity contribution in [3.05, 3.63) is 95.5 Å². The Bertz CT molecular complexity index is 1660. The summed E-state index contributed by atoms with van der Waals surface area (Å²) in [4.78, 5) is 32.7. The van der Waals surface area contributed by atoms with Crippen molar-refractivity contribution in [1.82, 2.24) is 14.5 Å². The minimum atomic E-state index is -2.89. The lowest BCUT2D eigenvalue weighted by Gasteiger charge is -2.24. The van der Waals surface area contributed by atoms with E-state index >= 15 is 0 Å². The first-order valence-electron chi connectivity index (χ1n) is 13.3. The fourth-order valence-corrected chi connectivity index (χ4v) is 6.63. The van der Waals surface area contributed by atoms with Crippen molar-refractivity contribution in [3.8, 4) is 17.3 Å². The summed E-state index contributed by atoms with van der Waals surface area (Å²) in [7, 11) is -2.89. The summed E-state index contributed by atoms with van der Waals surface area (Å²) in [5.74, 6) is 0.693. The summed E-state index contributed by atoms with van der Waals surface area (Å²) in [6, 6.07) is 22.8. The predicted molar refractivity (Wildman–Crippen MR) is 159 cm³/mol. The van der Waals surface area contributed by atoms with Crippen molar-refractivity contribution in [2.24, 2.45) is 5.92 Å². The Hall–Kier alpha value is -3.59. The van der Waals surface area contributed by atoms with Gasteiger partial charge in [-0.25, -0.2) is 4.98 Å². The number of fused-ring (bicyclic) bond motifs is 1. The summed E-state index contributed by atoms with van der Waals surface area (Å²) in [5, 5.41) is 3.55. The average molecular weight is 592 g/mol. The number of oxazole rings is 1. The van der Waals surface area contributed by atoms with Crippen LogP contribution in [-0.4, -0.2) is 38.5 Å². The molecule has 1 aliphatic rings. The molecule has 0 atom stereocenters. The highest BCUT2D eigenvalue weighted by Crippen LogP contribution is 2.61. The van der Waals surface area contributed by atoms with Gasteiger partial charge in [-0.15, -0.1) is 0 Å². The van der Waals surface area contributed by atoms with E-state index in [0.29, 0.717) is 54.0 Å². The molecule has 0 aliphatic carbocycles. The van der Waals surface area contributed by atoms with E-state index in [1.165, 1.54) is 0 Å². The lowest BCUT2D eigenvalue weighted by Crippen LogP contribution is -2.22. The first-order chi connectivity index (χ1) is 19.8. The number of anilines is 1. The van der Waals surface area contributed by atoms with Gasteiger partial charge in [0.1, 0.15) is 31.0 Å². The molecule has 0 saturated carbocycles. The molecule has 9 nitrogen and oxygen atoms in total. The molecular weight excluding hydrogens is 563 g/mol. The second kappa shape index (κ2) is 11.7. The van der Waals surface area contributed by atoms with Gasteiger partial charge in [-0.1, -0.05) is 54.9 Å². The van der Waals surface area contributed by atoms with Gasteiger partial charge in [-0.05, 0) is 42.0 Å². The molecule has 2 N–H and O–H groups in total. The molecule has 6 rings (SSSR count). The van der Waals surface area contributed by atoms with Gasteiger partial charge < -0.3 is 9.73 Å². The molecule has 1 aliphatic heterocycles. The zero-order valence-electron chi connectivity index (χ0n) is 22.4. The van der Waals surface area contributed by atoms with E-state index in [0.717, 1.165) is 22.2 Å². The van der Waals surface area contributed by atoms with E-state index in [4.69, 9.17) is 30.0 Å². The van der Waals surface area contributed by atoms with E-state index in [2.05, 4.69) is 10.3 Å². The van der Waals surface area contributed by atoms with E-state index < -0.39 is 7.94 Å². The van der Waals surface area contributed by atoms with Gasteiger partial charge in [0.25, 0.3) is 0 Å². The zero-order chi connectivity index (χ0) is 28.4. The number of amides is 1. The number of benzene rings is 3. The average Bonchev–Trinajstić information content (AvgIpc) is 3.60. The van der Waals surface area contributed by atoms with Gasteiger partial charge in [0.2, 0.25) is 5.91 Å². The Morgan fingerprint density at radius 2 is 1.80 bits per heavy atom. The molecule has 2 aromatic heterocycles. The van der Waals surface area contributed by atoms with Crippen LogP contribution < -0.4 is 5.32 Å². The summed E-state index contributed by atoms with van der Waals surface area (Å²) >= 11 is 6.11. The minimum Gasteiger partial charge on any atom is -0.427 e. The SMILES string of the molecule is CC1CO[P+](O)(Cc2ccc(NC(=O)CCc3oc(-n4cnc5ccccc54)nc3-c3ccc(Cl)cc3)cc2)OC1. The van der Waals surface area contributed by atoms with Crippen LogP contribution in [0.15, 0.2) is 83.5 Å². The standard InChI is InChI=1S/C30H28ClN4O5P/c1-20-16-38-41(37,39-17-20)18-21-6-12-24(13-7-21)33-28(36)15-14-27-29(22-8-10-23(31)11-9-22)34-30(40-27)35-19-32-25-4-2-3-5-26(25)35/h2-13,19-20,37H,14-18H2,1H3/p+1. The monoisotopic (exact) mass is 591 g/mol. The fraction of sp³-hybridized carbons (Fsp3) is 0.233. The third-order valence-electron chi connectivity index (χ3n) is 6.78. The van der Waals surface area contributed by atoms with Crippen LogP contribution in [0.4, 0.5) is 5.69 Å². The molecule has 3 heterocycles. The molecule has 41 heavy (non-hydrogen) atoms. The number of nitrogens with zero attached hydrogens (tertiary/aromatic N) is 3. The van der Waals surface area contributed by atoms with E-state index in [-0.39, 0.29) is 18.2 Å². The highest BCUT2D eigenvalue weighted by molar-refractivity contribution is 7.59. The highest BCUT2D eigenvalue weighted by Gasteiger charge is 2.45. The second-order valence-corrected chi connectivity index (χ2v) is 12.7. The number of carbonyl (C=O) groups excluding carboxylic acids is 1.